The largest absolute Gasteiger partial charge is 0.485 e. The lowest BCUT2D eigenvalue weighted by Crippen LogP contribution is -2.54. The fourth-order valence-corrected chi connectivity index (χ4v) is 3.60. The number of para-hydroxylation sites is 2. The molecule has 0 radical (unpaired) electrons. The molecular formula is C20H20N4O6. The minimum absolute atomic E-state index is 0.0778. The van der Waals surface area contributed by atoms with Crippen molar-refractivity contribution in [1.82, 2.24) is 4.90 Å². The molecule has 156 valence electrons. The number of fused-ring (bicyclic) bond motifs is 1. The van der Waals surface area contributed by atoms with Crippen molar-refractivity contribution in [2.45, 2.75) is 6.10 Å². The van der Waals surface area contributed by atoms with Gasteiger partial charge >= 0.3 is 0 Å². The summed E-state index contributed by atoms with van der Waals surface area (Å²) in [6.45, 7) is 1.72. The van der Waals surface area contributed by atoms with Gasteiger partial charge in [0, 0.05) is 37.8 Å². The van der Waals surface area contributed by atoms with Gasteiger partial charge in [0.05, 0.1) is 4.92 Å². The summed E-state index contributed by atoms with van der Waals surface area (Å²) >= 11 is 0. The second-order valence-electron chi connectivity index (χ2n) is 7.00. The molecule has 1 fully saturated rings. The van der Waals surface area contributed by atoms with Crippen LogP contribution in [0.15, 0.2) is 42.5 Å². The van der Waals surface area contributed by atoms with E-state index in [0.29, 0.717) is 43.4 Å². The normalized spacial score (nSPS) is 18.1. The quantitative estimate of drug-likeness (QED) is 0.590. The highest BCUT2D eigenvalue weighted by Crippen LogP contribution is 2.32. The molecule has 2 aliphatic heterocycles. The number of rotatable bonds is 4. The maximum Gasteiger partial charge on any atom is 0.293 e. The molecule has 2 amide bonds. The molecule has 2 aliphatic rings. The zero-order valence-electron chi connectivity index (χ0n) is 16.0. The van der Waals surface area contributed by atoms with Gasteiger partial charge in [0.1, 0.15) is 12.3 Å². The summed E-state index contributed by atoms with van der Waals surface area (Å²) in [4.78, 5) is 38.6. The Balaban J connectivity index is 1.42. The Labute approximate surface area is 171 Å². The highest BCUT2D eigenvalue weighted by molar-refractivity contribution is 5.94. The highest BCUT2D eigenvalue weighted by Gasteiger charge is 2.33. The summed E-state index contributed by atoms with van der Waals surface area (Å²) in [5.74, 6) is 0.239. The first-order valence-corrected chi connectivity index (χ1v) is 9.44. The van der Waals surface area contributed by atoms with Gasteiger partial charge in [0.25, 0.3) is 11.6 Å². The molecule has 10 nitrogen and oxygen atoms in total. The summed E-state index contributed by atoms with van der Waals surface area (Å²) in [6.07, 6.45) is -0.726. The first-order valence-electron chi connectivity index (χ1n) is 9.44. The Bertz CT molecular complexity index is 1000. The van der Waals surface area contributed by atoms with Crippen LogP contribution in [-0.4, -0.2) is 60.5 Å². The lowest BCUT2D eigenvalue weighted by molar-refractivity contribution is -0.384. The first-order chi connectivity index (χ1) is 14.4. The predicted octanol–water partition coefficient (Wildman–Crippen LogP) is 1.18. The highest BCUT2D eigenvalue weighted by atomic mass is 16.6. The standard InChI is InChI=1S/C20H20N4O6/c21-19(25)13-5-6-14(15(11-13)24(27)28)22-7-9-23(10-8-22)20(26)18-12-29-16-3-1-2-4-17(16)30-18/h1-6,11,18H,7-10,12H2,(H2,21,25)/t18-/m0/s1. The third kappa shape index (κ3) is 3.71. The van der Waals surface area contributed by atoms with Crippen LogP contribution in [0.4, 0.5) is 11.4 Å². The Hall–Kier alpha value is -3.82. The average molecular weight is 412 g/mol. The number of nitrogens with zero attached hydrogens (tertiary/aromatic N) is 3. The molecule has 0 bridgehead atoms. The number of benzene rings is 2. The molecule has 2 aromatic rings. The Morgan fingerprint density at radius 2 is 1.77 bits per heavy atom. The van der Waals surface area contributed by atoms with Gasteiger partial charge in [0.2, 0.25) is 12.0 Å². The van der Waals surface area contributed by atoms with Gasteiger partial charge in [-0.25, -0.2) is 0 Å². The zero-order chi connectivity index (χ0) is 21.3. The molecule has 2 N–H and O–H groups in total. The molecule has 10 heteroatoms. The van der Waals surface area contributed by atoms with Crippen molar-refractivity contribution < 1.29 is 24.0 Å². The van der Waals surface area contributed by atoms with Crippen molar-refractivity contribution >= 4 is 23.2 Å². The van der Waals surface area contributed by atoms with Crippen molar-refractivity contribution in [3.8, 4) is 11.5 Å². The lowest BCUT2D eigenvalue weighted by Gasteiger charge is -2.37. The van der Waals surface area contributed by atoms with Crippen LogP contribution in [-0.2, 0) is 4.79 Å². The Morgan fingerprint density at radius 3 is 2.43 bits per heavy atom. The molecule has 0 saturated carbocycles. The van der Waals surface area contributed by atoms with Crippen molar-refractivity contribution in [3.63, 3.8) is 0 Å². The Kier molecular flexibility index (Phi) is 5.13. The van der Waals surface area contributed by atoms with E-state index >= 15 is 0 Å². The van der Waals surface area contributed by atoms with Crippen molar-refractivity contribution in [2.75, 3.05) is 37.7 Å². The van der Waals surface area contributed by atoms with Gasteiger partial charge < -0.3 is 25.0 Å². The van der Waals surface area contributed by atoms with Gasteiger partial charge in [-0.2, -0.15) is 0 Å². The predicted molar refractivity (Wildman–Crippen MR) is 107 cm³/mol. The molecule has 2 heterocycles. The number of primary amides is 1. The minimum atomic E-state index is -0.726. The lowest BCUT2D eigenvalue weighted by atomic mass is 10.1. The number of carbonyl (C=O) groups is 2. The van der Waals surface area contributed by atoms with Crippen LogP contribution in [0.1, 0.15) is 10.4 Å². The fraction of sp³-hybridized carbons (Fsp3) is 0.300. The maximum absolute atomic E-state index is 12.8. The number of nitro benzene ring substituents is 1. The molecule has 0 aliphatic carbocycles. The van der Waals surface area contributed by atoms with E-state index in [2.05, 4.69) is 0 Å². The van der Waals surface area contributed by atoms with Crippen LogP contribution < -0.4 is 20.1 Å². The number of ether oxygens (including phenoxy) is 2. The molecule has 30 heavy (non-hydrogen) atoms. The van der Waals surface area contributed by atoms with E-state index in [-0.39, 0.29) is 23.8 Å². The van der Waals surface area contributed by atoms with Crippen molar-refractivity contribution in [2.24, 2.45) is 5.73 Å². The van der Waals surface area contributed by atoms with Gasteiger partial charge in [-0.3, -0.25) is 19.7 Å². The number of amides is 2. The van der Waals surface area contributed by atoms with Gasteiger partial charge in [-0.1, -0.05) is 12.1 Å². The maximum atomic E-state index is 12.8. The summed E-state index contributed by atoms with van der Waals surface area (Å²) in [5.41, 5.74) is 5.50. The summed E-state index contributed by atoms with van der Waals surface area (Å²) in [7, 11) is 0. The van der Waals surface area contributed by atoms with Crippen molar-refractivity contribution in [3.05, 3.63) is 58.1 Å². The van der Waals surface area contributed by atoms with Gasteiger partial charge in [0.15, 0.2) is 11.5 Å². The molecule has 1 saturated heterocycles. The number of piperazine rings is 1. The third-order valence-corrected chi connectivity index (χ3v) is 5.17. The van der Waals surface area contributed by atoms with Crippen LogP contribution in [0.2, 0.25) is 0 Å². The second kappa shape index (κ2) is 7.90. The molecule has 4 rings (SSSR count). The van der Waals surface area contributed by atoms with E-state index in [0.717, 1.165) is 0 Å². The Morgan fingerprint density at radius 1 is 1.07 bits per heavy atom. The molecule has 2 aromatic carbocycles. The number of anilines is 1. The topological polar surface area (TPSA) is 128 Å². The van der Waals surface area contributed by atoms with Crippen molar-refractivity contribution in [1.29, 1.82) is 0 Å². The molecule has 0 aromatic heterocycles. The number of hydrogen-bond donors (Lipinski definition) is 1. The van der Waals surface area contributed by atoms with Gasteiger partial charge in [-0.15, -0.1) is 0 Å². The molecule has 0 spiro atoms. The van der Waals surface area contributed by atoms with E-state index in [1.165, 1.54) is 18.2 Å². The molecule has 0 unspecified atom stereocenters. The number of hydrogen-bond acceptors (Lipinski definition) is 7. The summed E-state index contributed by atoms with van der Waals surface area (Å²) < 4.78 is 11.4. The number of carbonyl (C=O) groups excluding carboxylic acids is 2. The van der Waals surface area contributed by atoms with E-state index in [4.69, 9.17) is 15.2 Å². The number of nitrogens with two attached hydrogens (primary N) is 1. The first kappa shape index (κ1) is 19.5. The summed E-state index contributed by atoms with van der Waals surface area (Å²) in [5, 5.41) is 11.5. The molecule has 1 atom stereocenters. The van der Waals surface area contributed by atoms with Crippen LogP contribution >= 0.6 is 0 Å². The smallest absolute Gasteiger partial charge is 0.293 e. The van der Waals surface area contributed by atoms with E-state index < -0.39 is 16.9 Å². The number of nitro groups is 1. The van der Waals surface area contributed by atoms with Crippen LogP contribution in [0.3, 0.4) is 0 Å². The van der Waals surface area contributed by atoms with Crippen LogP contribution in [0.5, 0.6) is 11.5 Å². The summed E-state index contributed by atoms with van der Waals surface area (Å²) in [6, 6.07) is 11.3. The SMILES string of the molecule is NC(=O)c1ccc(N2CCN(C(=O)[C@@H]3COc4ccccc4O3)CC2)c([N+](=O)[O-])c1. The van der Waals surface area contributed by atoms with E-state index in [1.54, 1.807) is 17.0 Å². The van der Waals surface area contributed by atoms with E-state index in [9.17, 15) is 19.7 Å². The third-order valence-electron chi connectivity index (χ3n) is 5.17. The van der Waals surface area contributed by atoms with Crippen LogP contribution in [0.25, 0.3) is 0 Å². The van der Waals surface area contributed by atoms with Crippen LogP contribution in [0, 0.1) is 10.1 Å². The fourth-order valence-electron chi connectivity index (χ4n) is 3.60. The molecular weight excluding hydrogens is 392 g/mol. The zero-order valence-corrected chi connectivity index (χ0v) is 16.0. The minimum Gasteiger partial charge on any atom is -0.485 e. The monoisotopic (exact) mass is 412 g/mol. The van der Waals surface area contributed by atoms with Gasteiger partial charge in [-0.05, 0) is 24.3 Å². The average Bonchev–Trinajstić information content (AvgIpc) is 2.78. The second-order valence-corrected chi connectivity index (χ2v) is 7.00. The van der Waals surface area contributed by atoms with E-state index in [1.807, 2.05) is 17.0 Å².